The van der Waals surface area contributed by atoms with Gasteiger partial charge < -0.3 is 9.30 Å². The van der Waals surface area contributed by atoms with Crippen molar-refractivity contribution in [3.8, 4) is 16.9 Å². The van der Waals surface area contributed by atoms with Crippen molar-refractivity contribution in [2.24, 2.45) is 0 Å². The molecule has 0 aliphatic rings. The zero-order valence-electron chi connectivity index (χ0n) is 18.3. The lowest BCUT2D eigenvalue weighted by atomic mass is 10.0. The van der Waals surface area contributed by atoms with Gasteiger partial charge in [-0.25, -0.2) is 4.98 Å². The van der Waals surface area contributed by atoms with Crippen LogP contribution in [0.25, 0.3) is 22.2 Å². The molecule has 3 nitrogen and oxygen atoms in total. The number of rotatable bonds is 8. The van der Waals surface area contributed by atoms with Crippen LogP contribution in [0.5, 0.6) is 5.75 Å². The van der Waals surface area contributed by atoms with Gasteiger partial charge >= 0.3 is 0 Å². The molecular weight excluding hydrogens is 428 g/mol. The van der Waals surface area contributed by atoms with Gasteiger partial charge in [0.05, 0.1) is 22.7 Å². The number of imidazole rings is 1. The molecule has 0 saturated heterocycles. The normalized spacial score (nSPS) is 11.1. The summed E-state index contributed by atoms with van der Waals surface area (Å²) in [6.45, 7) is 1.43. The fraction of sp³-hybridized carbons (Fsp3) is 0.138. The monoisotopic (exact) mass is 452 g/mol. The number of ether oxygens (including phenoxy) is 1. The second-order valence-electron chi connectivity index (χ2n) is 8.04. The van der Waals surface area contributed by atoms with Crippen LogP contribution in [0.2, 0.25) is 5.02 Å². The molecule has 0 spiro atoms. The first-order valence-corrected chi connectivity index (χ1v) is 11.6. The number of hydrogen-bond donors (Lipinski definition) is 0. The van der Waals surface area contributed by atoms with Crippen LogP contribution in [0.3, 0.4) is 0 Å². The molecule has 0 unspecified atom stereocenters. The summed E-state index contributed by atoms with van der Waals surface area (Å²) in [5, 5.41) is 0.644. The zero-order valence-corrected chi connectivity index (χ0v) is 19.1. The molecule has 0 aliphatic heterocycles. The van der Waals surface area contributed by atoms with E-state index < -0.39 is 0 Å². The lowest BCUT2D eigenvalue weighted by molar-refractivity contribution is 0.302. The van der Waals surface area contributed by atoms with Crippen molar-refractivity contribution < 1.29 is 4.74 Å². The van der Waals surface area contributed by atoms with Gasteiger partial charge in [0.25, 0.3) is 0 Å². The number of fused-ring (bicyclic) bond motifs is 1. The Balaban J connectivity index is 1.32. The molecule has 33 heavy (non-hydrogen) atoms. The highest BCUT2D eigenvalue weighted by molar-refractivity contribution is 6.32. The third-order valence-electron chi connectivity index (χ3n) is 5.78. The Morgan fingerprint density at radius 2 is 1.42 bits per heavy atom. The first-order valence-electron chi connectivity index (χ1n) is 11.2. The molecule has 5 aromatic rings. The van der Waals surface area contributed by atoms with Crippen LogP contribution >= 0.6 is 11.6 Å². The van der Waals surface area contributed by atoms with E-state index in [9.17, 15) is 0 Å². The SMILES string of the molecule is Clc1ccccc1OCCCn1c(Cc2ccc(-c3ccccc3)cc2)nc2ccccc21. The van der Waals surface area contributed by atoms with Crippen molar-refractivity contribution in [3.63, 3.8) is 0 Å². The second-order valence-corrected chi connectivity index (χ2v) is 8.45. The van der Waals surface area contributed by atoms with Gasteiger partial charge in [-0.3, -0.25) is 0 Å². The van der Waals surface area contributed by atoms with Crippen LogP contribution < -0.4 is 4.74 Å². The van der Waals surface area contributed by atoms with Gasteiger partial charge in [0.2, 0.25) is 0 Å². The summed E-state index contributed by atoms with van der Waals surface area (Å²) >= 11 is 6.21. The summed E-state index contributed by atoms with van der Waals surface area (Å²) in [4.78, 5) is 4.94. The molecule has 0 radical (unpaired) electrons. The van der Waals surface area contributed by atoms with Crippen LogP contribution in [-0.2, 0) is 13.0 Å². The summed E-state index contributed by atoms with van der Waals surface area (Å²) in [7, 11) is 0. The van der Waals surface area contributed by atoms with Crippen molar-refractivity contribution in [1.29, 1.82) is 0 Å². The average molecular weight is 453 g/mol. The Kier molecular flexibility index (Phi) is 6.41. The minimum Gasteiger partial charge on any atom is -0.492 e. The molecule has 164 valence electrons. The molecule has 0 aliphatic carbocycles. The van der Waals surface area contributed by atoms with Crippen LogP contribution in [0, 0.1) is 0 Å². The summed E-state index contributed by atoms with van der Waals surface area (Å²) in [6, 6.07) is 35.2. The topological polar surface area (TPSA) is 27.1 Å². The van der Waals surface area contributed by atoms with Gasteiger partial charge in [-0.2, -0.15) is 0 Å². The molecule has 5 rings (SSSR count). The Bertz CT molecular complexity index is 1340. The lowest BCUT2D eigenvalue weighted by Crippen LogP contribution is -2.08. The van der Waals surface area contributed by atoms with E-state index in [0.717, 1.165) is 42.0 Å². The summed E-state index contributed by atoms with van der Waals surface area (Å²) in [6.07, 6.45) is 1.65. The highest BCUT2D eigenvalue weighted by Gasteiger charge is 2.11. The predicted molar refractivity (Wildman–Crippen MR) is 136 cm³/mol. The molecule has 4 aromatic carbocycles. The van der Waals surface area contributed by atoms with Crippen LogP contribution in [-0.4, -0.2) is 16.2 Å². The third-order valence-corrected chi connectivity index (χ3v) is 6.09. The van der Waals surface area contributed by atoms with Gasteiger partial charge in [0, 0.05) is 13.0 Å². The van der Waals surface area contributed by atoms with Crippen molar-refractivity contribution in [1.82, 2.24) is 9.55 Å². The summed E-state index contributed by atoms with van der Waals surface area (Å²) in [5.74, 6) is 1.80. The van der Waals surface area contributed by atoms with Crippen molar-refractivity contribution in [2.75, 3.05) is 6.61 Å². The average Bonchev–Trinajstić information content (AvgIpc) is 3.21. The number of benzene rings is 4. The smallest absolute Gasteiger partial charge is 0.137 e. The molecule has 0 atom stereocenters. The molecule has 0 amide bonds. The minimum absolute atomic E-state index is 0.599. The zero-order chi connectivity index (χ0) is 22.5. The number of aryl methyl sites for hydroxylation is 1. The Labute approximate surface area is 199 Å². The predicted octanol–water partition coefficient (Wildman–Crippen LogP) is 7.42. The quantitative estimate of drug-likeness (QED) is 0.229. The van der Waals surface area contributed by atoms with E-state index >= 15 is 0 Å². The first-order chi connectivity index (χ1) is 16.3. The van der Waals surface area contributed by atoms with Gasteiger partial charge in [-0.15, -0.1) is 0 Å². The molecule has 0 fully saturated rings. The van der Waals surface area contributed by atoms with E-state index in [1.165, 1.54) is 16.7 Å². The molecule has 0 saturated carbocycles. The van der Waals surface area contributed by atoms with Gasteiger partial charge in [-0.1, -0.05) is 90.5 Å². The van der Waals surface area contributed by atoms with Crippen LogP contribution in [0.1, 0.15) is 17.8 Å². The van der Waals surface area contributed by atoms with Crippen molar-refractivity contribution in [2.45, 2.75) is 19.4 Å². The maximum atomic E-state index is 6.21. The van der Waals surface area contributed by atoms with Gasteiger partial charge in [0.15, 0.2) is 0 Å². The minimum atomic E-state index is 0.599. The summed E-state index contributed by atoms with van der Waals surface area (Å²) in [5.41, 5.74) is 5.89. The fourth-order valence-electron chi connectivity index (χ4n) is 4.10. The fourth-order valence-corrected chi connectivity index (χ4v) is 4.29. The Morgan fingerprint density at radius 3 is 2.24 bits per heavy atom. The third kappa shape index (κ3) is 4.94. The highest BCUT2D eigenvalue weighted by Crippen LogP contribution is 2.24. The highest BCUT2D eigenvalue weighted by atomic mass is 35.5. The van der Waals surface area contributed by atoms with E-state index in [4.69, 9.17) is 21.3 Å². The van der Waals surface area contributed by atoms with E-state index in [1.807, 2.05) is 36.4 Å². The van der Waals surface area contributed by atoms with E-state index in [1.54, 1.807) is 0 Å². The standard InChI is InChI=1S/C29H25ClN2O/c30-25-11-4-7-14-28(25)33-20-8-19-32-27-13-6-5-12-26(27)31-29(32)21-22-15-17-24(18-16-22)23-9-2-1-3-10-23/h1-7,9-18H,8,19-21H2. The van der Waals surface area contributed by atoms with Crippen LogP contribution in [0.15, 0.2) is 103 Å². The Morgan fingerprint density at radius 1 is 0.727 bits per heavy atom. The molecule has 1 aromatic heterocycles. The molecule has 1 heterocycles. The van der Waals surface area contributed by atoms with Crippen molar-refractivity contribution in [3.05, 3.63) is 120 Å². The van der Waals surface area contributed by atoms with Crippen molar-refractivity contribution >= 4 is 22.6 Å². The Hall–Kier alpha value is -3.56. The molecule has 0 N–H and O–H groups in total. The van der Waals surface area contributed by atoms with E-state index in [2.05, 4.69) is 71.3 Å². The maximum absolute atomic E-state index is 6.21. The first kappa shape index (κ1) is 21.3. The largest absolute Gasteiger partial charge is 0.492 e. The summed E-state index contributed by atoms with van der Waals surface area (Å²) < 4.78 is 8.21. The lowest BCUT2D eigenvalue weighted by Gasteiger charge is -2.11. The number of halogens is 1. The molecular formula is C29H25ClN2O. The van der Waals surface area contributed by atoms with E-state index in [-0.39, 0.29) is 0 Å². The number of nitrogens with zero attached hydrogens (tertiary/aromatic N) is 2. The molecule has 0 bridgehead atoms. The molecule has 4 heteroatoms. The number of aromatic nitrogens is 2. The van der Waals surface area contributed by atoms with Gasteiger partial charge in [-0.05, 0) is 47.4 Å². The van der Waals surface area contributed by atoms with E-state index in [0.29, 0.717) is 11.6 Å². The van der Waals surface area contributed by atoms with Gasteiger partial charge in [0.1, 0.15) is 11.6 Å². The maximum Gasteiger partial charge on any atom is 0.137 e. The number of para-hydroxylation sites is 3. The number of hydrogen-bond acceptors (Lipinski definition) is 2. The van der Waals surface area contributed by atoms with Crippen LogP contribution in [0.4, 0.5) is 0 Å². The second kappa shape index (κ2) is 9.93.